The molecule has 150 valence electrons. The molecule has 0 aliphatic carbocycles. The molecule has 2 aliphatic rings. The lowest BCUT2D eigenvalue weighted by atomic mass is 9.72. The monoisotopic (exact) mass is 383 g/mol. The fraction of sp³-hybridized carbons (Fsp3) is 0.619. The molecule has 0 aromatic carbocycles. The number of hydrogen-bond donors (Lipinski definition) is 0. The normalized spacial score (nSPS) is 20.2. The van der Waals surface area contributed by atoms with Crippen molar-refractivity contribution >= 4 is 5.91 Å². The van der Waals surface area contributed by atoms with Gasteiger partial charge in [-0.25, -0.2) is 0 Å². The highest BCUT2D eigenvalue weighted by Crippen LogP contribution is 2.40. The first-order valence-electron chi connectivity index (χ1n) is 10.3. The molecule has 0 N–H and O–H groups in total. The van der Waals surface area contributed by atoms with Crippen molar-refractivity contribution in [3.05, 3.63) is 41.8 Å². The van der Waals surface area contributed by atoms with Crippen molar-refractivity contribution < 1.29 is 9.32 Å². The number of carbonyl (C=O) groups excluding carboxylic acids is 1. The van der Waals surface area contributed by atoms with Crippen LogP contribution >= 0.6 is 0 Å². The number of rotatable bonds is 5. The van der Waals surface area contributed by atoms with Gasteiger partial charge >= 0.3 is 0 Å². The molecule has 0 atom stereocenters. The van der Waals surface area contributed by atoms with Crippen LogP contribution in [0, 0.1) is 5.41 Å². The number of piperidine rings is 2. The second-order valence-electron chi connectivity index (χ2n) is 8.55. The Hall–Kier alpha value is -2.28. The molecule has 7 heteroatoms. The van der Waals surface area contributed by atoms with E-state index in [0.29, 0.717) is 18.9 Å². The van der Waals surface area contributed by atoms with Gasteiger partial charge in [-0.05, 0) is 49.9 Å². The van der Waals surface area contributed by atoms with Crippen molar-refractivity contribution in [3.63, 3.8) is 0 Å². The van der Waals surface area contributed by atoms with Gasteiger partial charge in [0, 0.05) is 25.1 Å². The van der Waals surface area contributed by atoms with E-state index in [-0.39, 0.29) is 17.2 Å². The van der Waals surface area contributed by atoms with Crippen LogP contribution in [0.1, 0.15) is 62.9 Å². The van der Waals surface area contributed by atoms with Gasteiger partial charge in [0.05, 0.1) is 18.8 Å². The van der Waals surface area contributed by atoms with Crippen molar-refractivity contribution in [1.82, 2.24) is 24.9 Å². The van der Waals surface area contributed by atoms with Crippen LogP contribution in [0.25, 0.3) is 0 Å². The molecule has 2 aromatic heterocycles. The Labute approximate surface area is 166 Å². The highest BCUT2D eigenvalue weighted by Gasteiger charge is 2.41. The van der Waals surface area contributed by atoms with E-state index in [1.165, 1.54) is 0 Å². The summed E-state index contributed by atoms with van der Waals surface area (Å²) in [6.07, 6.45) is 5.65. The van der Waals surface area contributed by atoms with Crippen LogP contribution in [0.4, 0.5) is 0 Å². The lowest BCUT2D eigenvalue weighted by Crippen LogP contribution is -2.51. The number of pyridine rings is 1. The van der Waals surface area contributed by atoms with Gasteiger partial charge in [-0.3, -0.25) is 14.7 Å². The van der Waals surface area contributed by atoms with Gasteiger partial charge in [-0.15, -0.1) is 0 Å². The van der Waals surface area contributed by atoms with Crippen molar-refractivity contribution in [2.45, 2.75) is 58.5 Å². The minimum atomic E-state index is 0.236. The van der Waals surface area contributed by atoms with E-state index in [9.17, 15) is 4.79 Å². The smallest absolute Gasteiger partial charge is 0.229 e. The highest BCUT2D eigenvalue weighted by atomic mass is 16.5. The Kier molecular flexibility index (Phi) is 5.44. The van der Waals surface area contributed by atoms with Gasteiger partial charge in [0.25, 0.3) is 0 Å². The van der Waals surface area contributed by atoms with Crippen molar-refractivity contribution in [3.8, 4) is 0 Å². The maximum Gasteiger partial charge on any atom is 0.229 e. The molecule has 2 fully saturated rings. The Balaban J connectivity index is 1.34. The number of amides is 1. The summed E-state index contributed by atoms with van der Waals surface area (Å²) in [6.45, 7) is 8.34. The molecule has 4 rings (SSSR count). The Morgan fingerprint density at radius 3 is 2.68 bits per heavy atom. The van der Waals surface area contributed by atoms with Crippen molar-refractivity contribution in [1.29, 1.82) is 0 Å². The van der Waals surface area contributed by atoms with Gasteiger partial charge in [0.2, 0.25) is 11.8 Å². The second kappa shape index (κ2) is 7.99. The predicted molar refractivity (Wildman–Crippen MR) is 104 cm³/mol. The topological polar surface area (TPSA) is 75.4 Å². The van der Waals surface area contributed by atoms with E-state index >= 15 is 0 Å². The molecule has 2 aliphatic heterocycles. The Morgan fingerprint density at radius 2 is 2.00 bits per heavy atom. The molecule has 1 spiro atoms. The summed E-state index contributed by atoms with van der Waals surface area (Å²) >= 11 is 0. The van der Waals surface area contributed by atoms with E-state index in [4.69, 9.17) is 4.52 Å². The average molecular weight is 383 g/mol. The third-order valence-corrected chi connectivity index (χ3v) is 6.09. The van der Waals surface area contributed by atoms with Crippen LogP contribution in [0.2, 0.25) is 0 Å². The fourth-order valence-corrected chi connectivity index (χ4v) is 4.29. The number of hydrogen-bond acceptors (Lipinski definition) is 6. The summed E-state index contributed by atoms with van der Waals surface area (Å²) in [4.78, 5) is 25.7. The molecule has 0 radical (unpaired) electrons. The van der Waals surface area contributed by atoms with Crippen molar-refractivity contribution in [2.24, 2.45) is 5.41 Å². The van der Waals surface area contributed by atoms with Gasteiger partial charge in [-0.2, -0.15) is 4.98 Å². The molecule has 0 unspecified atom stereocenters. The largest absolute Gasteiger partial charge is 0.339 e. The Morgan fingerprint density at radius 1 is 1.18 bits per heavy atom. The molecule has 2 saturated heterocycles. The van der Waals surface area contributed by atoms with Crippen LogP contribution < -0.4 is 0 Å². The summed E-state index contributed by atoms with van der Waals surface area (Å²) in [6, 6.07) is 5.88. The molecule has 28 heavy (non-hydrogen) atoms. The molecular weight excluding hydrogens is 354 g/mol. The third kappa shape index (κ3) is 4.24. The second-order valence-corrected chi connectivity index (χ2v) is 8.55. The van der Waals surface area contributed by atoms with E-state index in [2.05, 4.69) is 33.9 Å². The molecule has 1 amide bonds. The van der Waals surface area contributed by atoms with E-state index in [1.54, 1.807) is 6.20 Å². The van der Waals surface area contributed by atoms with Gasteiger partial charge in [0.1, 0.15) is 0 Å². The third-order valence-electron chi connectivity index (χ3n) is 6.09. The summed E-state index contributed by atoms with van der Waals surface area (Å²) in [5.41, 5.74) is 1.20. The zero-order valence-corrected chi connectivity index (χ0v) is 16.8. The molecule has 2 aromatic rings. The molecular formula is C21H29N5O2. The first-order valence-corrected chi connectivity index (χ1v) is 10.3. The van der Waals surface area contributed by atoms with E-state index < -0.39 is 0 Å². The summed E-state index contributed by atoms with van der Waals surface area (Å²) < 4.78 is 5.32. The van der Waals surface area contributed by atoms with E-state index in [0.717, 1.165) is 57.0 Å². The average Bonchev–Trinajstić information content (AvgIpc) is 3.17. The van der Waals surface area contributed by atoms with Crippen LogP contribution in [-0.2, 0) is 17.9 Å². The molecule has 7 nitrogen and oxygen atoms in total. The van der Waals surface area contributed by atoms with Crippen LogP contribution in [-0.4, -0.2) is 50.5 Å². The maximum absolute atomic E-state index is 12.4. The fourth-order valence-electron chi connectivity index (χ4n) is 4.29. The SMILES string of the molecule is CC(C)c1nc(CN2CCC3(CCC(=O)N(Cc4ccccn4)C3)CC2)no1. The van der Waals surface area contributed by atoms with Crippen LogP contribution in [0.15, 0.2) is 28.9 Å². The van der Waals surface area contributed by atoms with Gasteiger partial charge in [0.15, 0.2) is 5.82 Å². The zero-order valence-electron chi connectivity index (χ0n) is 16.8. The summed E-state index contributed by atoms with van der Waals surface area (Å²) in [5.74, 6) is 2.00. The maximum atomic E-state index is 12.4. The lowest BCUT2D eigenvalue weighted by molar-refractivity contribution is -0.140. The van der Waals surface area contributed by atoms with Crippen molar-refractivity contribution in [2.75, 3.05) is 19.6 Å². The standard InChI is InChI=1S/C21H29N5O2/c1-16(2)20-23-18(24-28-20)14-25-11-8-21(9-12-25)7-6-19(27)26(15-21)13-17-5-3-4-10-22-17/h3-5,10,16H,6-9,11-15H2,1-2H3. The summed E-state index contributed by atoms with van der Waals surface area (Å²) in [7, 11) is 0. The quantitative estimate of drug-likeness (QED) is 0.790. The Bertz CT molecular complexity index is 796. The van der Waals surface area contributed by atoms with E-state index in [1.807, 2.05) is 23.1 Å². The van der Waals surface area contributed by atoms with Crippen LogP contribution in [0.3, 0.4) is 0 Å². The van der Waals surface area contributed by atoms with Gasteiger partial charge in [-0.1, -0.05) is 25.1 Å². The molecule has 0 saturated carbocycles. The number of carbonyl (C=O) groups is 1. The predicted octanol–water partition coefficient (Wildman–Crippen LogP) is 2.99. The zero-order chi connectivity index (χ0) is 19.6. The number of nitrogens with zero attached hydrogens (tertiary/aromatic N) is 5. The first kappa shape index (κ1) is 19.1. The first-order chi connectivity index (χ1) is 13.5. The minimum absolute atomic E-state index is 0.236. The minimum Gasteiger partial charge on any atom is -0.339 e. The number of likely N-dealkylation sites (tertiary alicyclic amines) is 2. The highest BCUT2D eigenvalue weighted by molar-refractivity contribution is 5.77. The molecule has 0 bridgehead atoms. The van der Waals surface area contributed by atoms with Gasteiger partial charge < -0.3 is 9.42 Å². The lowest BCUT2D eigenvalue weighted by Gasteiger charge is -2.47. The number of aromatic nitrogens is 3. The molecule has 4 heterocycles. The summed E-state index contributed by atoms with van der Waals surface area (Å²) in [5, 5.41) is 4.12. The van der Waals surface area contributed by atoms with Crippen LogP contribution in [0.5, 0.6) is 0 Å².